The molecule has 1 aliphatic heterocycles. The molecular formula is C19H29N3O3. The Morgan fingerprint density at radius 1 is 1.20 bits per heavy atom. The van der Waals surface area contributed by atoms with Crippen LogP contribution in [0.15, 0.2) is 30.3 Å². The highest BCUT2D eigenvalue weighted by Crippen LogP contribution is 2.15. The first-order valence-electron chi connectivity index (χ1n) is 8.81. The quantitative estimate of drug-likeness (QED) is 0.827. The topological polar surface area (TPSA) is 70.7 Å². The van der Waals surface area contributed by atoms with Gasteiger partial charge in [-0.1, -0.05) is 30.3 Å². The Balaban J connectivity index is 1.63. The van der Waals surface area contributed by atoms with Crippen LogP contribution in [-0.4, -0.2) is 48.7 Å². The smallest absolute Gasteiger partial charge is 0.407 e. The number of nitrogens with one attached hydrogen (secondary N) is 2. The molecule has 1 aliphatic rings. The molecule has 1 fully saturated rings. The largest absolute Gasteiger partial charge is 0.444 e. The maximum absolute atomic E-state index is 12.1. The van der Waals surface area contributed by atoms with Crippen molar-refractivity contribution in [3.63, 3.8) is 0 Å². The van der Waals surface area contributed by atoms with Crippen molar-refractivity contribution < 1.29 is 14.3 Å². The van der Waals surface area contributed by atoms with Crippen LogP contribution in [-0.2, 0) is 16.1 Å². The van der Waals surface area contributed by atoms with Gasteiger partial charge in [0.05, 0.1) is 6.54 Å². The van der Waals surface area contributed by atoms with E-state index in [4.69, 9.17) is 4.74 Å². The number of hydrogen-bond donors (Lipinski definition) is 2. The molecule has 0 aliphatic carbocycles. The number of hydrogen-bond acceptors (Lipinski definition) is 4. The van der Waals surface area contributed by atoms with E-state index in [0.29, 0.717) is 25.6 Å². The van der Waals surface area contributed by atoms with Crippen molar-refractivity contribution in [2.75, 3.05) is 26.2 Å². The summed E-state index contributed by atoms with van der Waals surface area (Å²) < 4.78 is 5.24. The molecule has 1 atom stereocenters. The molecule has 1 heterocycles. The maximum atomic E-state index is 12.1. The summed E-state index contributed by atoms with van der Waals surface area (Å²) in [7, 11) is 0. The third-order valence-electron chi connectivity index (χ3n) is 4.00. The van der Waals surface area contributed by atoms with Crippen LogP contribution in [0.2, 0.25) is 0 Å². The molecule has 1 saturated heterocycles. The summed E-state index contributed by atoms with van der Waals surface area (Å²) in [6.45, 7) is 8.76. The number of carbonyl (C=O) groups excluding carboxylic acids is 2. The van der Waals surface area contributed by atoms with Gasteiger partial charge in [0.1, 0.15) is 5.60 Å². The Morgan fingerprint density at radius 3 is 2.60 bits per heavy atom. The average molecular weight is 347 g/mol. The lowest BCUT2D eigenvalue weighted by Gasteiger charge is -2.21. The molecule has 6 nitrogen and oxygen atoms in total. The minimum absolute atomic E-state index is 0.0320. The lowest BCUT2D eigenvalue weighted by molar-refractivity contribution is -0.122. The number of benzene rings is 1. The molecule has 2 amide bonds. The molecule has 2 N–H and O–H groups in total. The average Bonchev–Trinajstić information content (AvgIpc) is 2.98. The lowest BCUT2D eigenvalue weighted by atomic mass is 10.1. The van der Waals surface area contributed by atoms with Gasteiger partial charge < -0.3 is 15.4 Å². The van der Waals surface area contributed by atoms with Crippen molar-refractivity contribution in [1.82, 2.24) is 15.5 Å². The number of carbonyl (C=O) groups is 2. The first kappa shape index (κ1) is 19.2. The van der Waals surface area contributed by atoms with E-state index in [9.17, 15) is 9.59 Å². The number of likely N-dealkylation sites (tertiary alicyclic amines) is 1. The van der Waals surface area contributed by atoms with E-state index < -0.39 is 5.60 Å². The van der Waals surface area contributed by atoms with Crippen LogP contribution < -0.4 is 10.6 Å². The number of ether oxygens (including phenoxy) is 1. The Bertz CT molecular complexity index is 569. The summed E-state index contributed by atoms with van der Waals surface area (Å²) in [6, 6.07) is 9.87. The Kier molecular flexibility index (Phi) is 6.82. The lowest BCUT2D eigenvalue weighted by Crippen LogP contribution is -2.38. The van der Waals surface area contributed by atoms with E-state index >= 15 is 0 Å². The van der Waals surface area contributed by atoms with Crippen molar-refractivity contribution in [2.24, 2.45) is 5.92 Å². The van der Waals surface area contributed by atoms with Crippen LogP contribution in [0.25, 0.3) is 0 Å². The fraction of sp³-hybridized carbons (Fsp3) is 0.579. The van der Waals surface area contributed by atoms with Gasteiger partial charge in [0, 0.05) is 19.6 Å². The highest BCUT2D eigenvalue weighted by molar-refractivity contribution is 5.78. The van der Waals surface area contributed by atoms with Gasteiger partial charge >= 0.3 is 6.09 Å². The van der Waals surface area contributed by atoms with Gasteiger partial charge in [-0.2, -0.15) is 0 Å². The standard InChI is InChI=1S/C19H29N3O3/c1-19(2,3)25-18(24)21-12-16-9-10-22(13-16)14-17(23)20-11-15-7-5-4-6-8-15/h4-8,16H,9-14H2,1-3H3,(H,20,23)(H,21,24). The number of alkyl carbamates (subject to hydrolysis) is 1. The van der Waals surface area contributed by atoms with Crippen molar-refractivity contribution in [1.29, 1.82) is 0 Å². The zero-order chi connectivity index (χ0) is 18.3. The molecule has 1 unspecified atom stereocenters. The summed E-state index contributed by atoms with van der Waals surface area (Å²) >= 11 is 0. The molecule has 1 aromatic rings. The fourth-order valence-electron chi connectivity index (χ4n) is 2.82. The van der Waals surface area contributed by atoms with Crippen molar-refractivity contribution in [2.45, 2.75) is 39.3 Å². The predicted molar refractivity (Wildman–Crippen MR) is 97.1 cm³/mol. The van der Waals surface area contributed by atoms with Crippen molar-refractivity contribution in [3.05, 3.63) is 35.9 Å². The predicted octanol–water partition coefficient (Wildman–Crippen LogP) is 2.15. The fourth-order valence-corrected chi connectivity index (χ4v) is 2.82. The molecule has 25 heavy (non-hydrogen) atoms. The van der Waals surface area contributed by atoms with Gasteiger partial charge in [-0.05, 0) is 45.2 Å². The van der Waals surface area contributed by atoms with Crippen LogP contribution >= 0.6 is 0 Å². The van der Waals surface area contributed by atoms with Crippen LogP contribution in [0.5, 0.6) is 0 Å². The Morgan fingerprint density at radius 2 is 1.92 bits per heavy atom. The van der Waals surface area contributed by atoms with E-state index in [-0.39, 0.29) is 12.0 Å². The molecule has 0 radical (unpaired) electrons. The highest BCUT2D eigenvalue weighted by atomic mass is 16.6. The van der Waals surface area contributed by atoms with E-state index in [1.54, 1.807) is 0 Å². The molecule has 1 aromatic carbocycles. The van der Waals surface area contributed by atoms with Crippen LogP contribution in [0.4, 0.5) is 4.79 Å². The zero-order valence-electron chi connectivity index (χ0n) is 15.4. The minimum atomic E-state index is -0.483. The SMILES string of the molecule is CC(C)(C)OC(=O)NCC1CCN(CC(=O)NCc2ccccc2)C1. The summed E-state index contributed by atoms with van der Waals surface area (Å²) in [6.07, 6.45) is 0.591. The second kappa shape index (κ2) is 8.85. The molecule has 6 heteroatoms. The monoisotopic (exact) mass is 347 g/mol. The number of nitrogens with zero attached hydrogens (tertiary/aromatic N) is 1. The molecular weight excluding hydrogens is 318 g/mol. The van der Waals surface area contributed by atoms with Gasteiger partial charge in [0.25, 0.3) is 0 Å². The third kappa shape index (κ3) is 7.56. The van der Waals surface area contributed by atoms with Gasteiger partial charge in [0.2, 0.25) is 5.91 Å². The van der Waals surface area contributed by atoms with E-state index in [0.717, 1.165) is 25.1 Å². The van der Waals surface area contributed by atoms with E-state index in [1.165, 1.54) is 0 Å². The first-order valence-corrected chi connectivity index (χ1v) is 8.81. The van der Waals surface area contributed by atoms with Crippen LogP contribution in [0.1, 0.15) is 32.8 Å². The van der Waals surface area contributed by atoms with Gasteiger partial charge in [0.15, 0.2) is 0 Å². The first-order chi connectivity index (χ1) is 11.8. The highest BCUT2D eigenvalue weighted by Gasteiger charge is 2.25. The van der Waals surface area contributed by atoms with Gasteiger partial charge in [-0.15, -0.1) is 0 Å². The minimum Gasteiger partial charge on any atom is -0.444 e. The zero-order valence-corrected chi connectivity index (χ0v) is 15.4. The Labute approximate surface area is 149 Å². The molecule has 0 bridgehead atoms. The number of rotatable bonds is 6. The summed E-state index contributed by atoms with van der Waals surface area (Å²) in [5.41, 5.74) is 0.611. The number of amides is 2. The van der Waals surface area contributed by atoms with Gasteiger partial charge in [-0.25, -0.2) is 4.79 Å². The van der Waals surface area contributed by atoms with Crippen LogP contribution in [0.3, 0.4) is 0 Å². The Hall–Kier alpha value is -2.08. The third-order valence-corrected chi connectivity index (χ3v) is 4.00. The molecule has 0 aromatic heterocycles. The van der Waals surface area contributed by atoms with Crippen molar-refractivity contribution >= 4 is 12.0 Å². The normalized spacial score (nSPS) is 18.0. The van der Waals surface area contributed by atoms with E-state index in [1.807, 2.05) is 51.1 Å². The molecule has 0 saturated carbocycles. The summed E-state index contributed by atoms with van der Waals surface area (Å²) in [4.78, 5) is 25.9. The summed E-state index contributed by atoms with van der Waals surface area (Å²) in [5.74, 6) is 0.388. The van der Waals surface area contributed by atoms with E-state index in [2.05, 4.69) is 15.5 Å². The second-order valence-electron chi connectivity index (χ2n) is 7.53. The van der Waals surface area contributed by atoms with Crippen molar-refractivity contribution in [3.8, 4) is 0 Å². The summed E-state index contributed by atoms with van der Waals surface area (Å²) in [5, 5.41) is 5.76. The maximum Gasteiger partial charge on any atom is 0.407 e. The second-order valence-corrected chi connectivity index (χ2v) is 7.53. The molecule has 0 spiro atoms. The molecule has 2 rings (SSSR count). The van der Waals surface area contributed by atoms with Crippen LogP contribution in [0, 0.1) is 5.92 Å². The molecule has 138 valence electrons. The van der Waals surface area contributed by atoms with Gasteiger partial charge in [-0.3, -0.25) is 9.69 Å².